The summed E-state index contributed by atoms with van der Waals surface area (Å²) in [5.41, 5.74) is 3.24. The van der Waals surface area contributed by atoms with Crippen LogP contribution in [0.1, 0.15) is 62.5 Å². The summed E-state index contributed by atoms with van der Waals surface area (Å²) in [6.45, 7) is 5.97. The third kappa shape index (κ3) is 6.22. The van der Waals surface area contributed by atoms with Crippen molar-refractivity contribution in [2.75, 3.05) is 44.2 Å². The van der Waals surface area contributed by atoms with E-state index in [-0.39, 0.29) is 36.2 Å². The van der Waals surface area contributed by atoms with Gasteiger partial charge in [0.15, 0.2) is 12.4 Å². The zero-order valence-electron chi connectivity index (χ0n) is 24.0. The Morgan fingerprint density at radius 2 is 2.10 bits per heavy atom. The minimum Gasteiger partial charge on any atom is -0.493 e. The largest absolute Gasteiger partial charge is 0.493 e. The van der Waals surface area contributed by atoms with Crippen molar-refractivity contribution >= 4 is 23.8 Å². The lowest BCUT2D eigenvalue weighted by atomic mass is 9.84. The molecule has 1 aromatic carbocycles. The Morgan fingerprint density at radius 1 is 1.23 bits per heavy atom. The summed E-state index contributed by atoms with van der Waals surface area (Å²) in [6.07, 6.45) is 11.0. The highest BCUT2D eigenvalue weighted by molar-refractivity contribution is 5.94. The number of aldehydes is 1. The van der Waals surface area contributed by atoms with Gasteiger partial charge in [0.2, 0.25) is 11.8 Å². The standard InChI is InChI=1S/C32H43N4O4/c1-3-4-17-36(26-8-5-14-33(2)20-26)32(39)22-35-21-27(24-11-12-30-25(19-24)13-18-40-30)28(23-37)29(35)9-6-15-34-16-7-10-31(34)38/h5,8,11-12,14,19-20,23,27-29H,3-4,6-7,9-10,13,15-18,21-22H2,1-2H3/q+1/t27-,28-,29+/m1/s1. The van der Waals surface area contributed by atoms with Crippen LogP contribution in [0, 0.1) is 5.92 Å². The first-order valence-electron chi connectivity index (χ1n) is 15.0. The predicted molar refractivity (Wildman–Crippen MR) is 153 cm³/mol. The number of carbonyl (C=O) groups is 3. The third-order valence-electron chi connectivity index (χ3n) is 8.82. The number of likely N-dealkylation sites (tertiary alicyclic amines) is 2. The quantitative estimate of drug-likeness (QED) is 0.301. The molecule has 2 fully saturated rings. The fourth-order valence-electron chi connectivity index (χ4n) is 6.67. The second-order valence-corrected chi connectivity index (χ2v) is 11.5. The molecular formula is C32H43N4O4+. The second kappa shape index (κ2) is 12.9. The van der Waals surface area contributed by atoms with Crippen LogP contribution in [0.2, 0.25) is 0 Å². The first-order chi connectivity index (χ1) is 19.5. The number of nitrogens with zero attached hydrogens (tertiary/aromatic N) is 4. The lowest BCUT2D eigenvalue weighted by molar-refractivity contribution is -0.670. The molecule has 0 bridgehead atoms. The number of aryl methyl sites for hydroxylation is 1. The van der Waals surface area contributed by atoms with Crippen LogP contribution in [0.5, 0.6) is 5.75 Å². The molecule has 2 aromatic rings. The topological polar surface area (TPSA) is 74.0 Å². The van der Waals surface area contributed by atoms with Crippen LogP contribution in [0.15, 0.2) is 42.7 Å². The molecule has 3 aliphatic rings. The van der Waals surface area contributed by atoms with Crippen molar-refractivity contribution in [1.82, 2.24) is 9.80 Å². The number of carbonyl (C=O) groups excluding carboxylic acids is 3. The van der Waals surface area contributed by atoms with Crippen LogP contribution in [0.4, 0.5) is 5.69 Å². The summed E-state index contributed by atoms with van der Waals surface area (Å²) in [4.78, 5) is 44.8. The Balaban J connectivity index is 1.37. The van der Waals surface area contributed by atoms with E-state index in [1.165, 1.54) is 5.56 Å². The molecule has 3 atom stereocenters. The van der Waals surface area contributed by atoms with E-state index in [4.69, 9.17) is 4.74 Å². The van der Waals surface area contributed by atoms with Gasteiger partial charge in [0.1, 0.15) is 24.8 Å². The van der Waals surface area contributed by atoms with Crippen LogP contribution >= 0.6 is 0 Å². The van der Waals surface area contributed by atoms with Crippen LogP contribution in [0.25, 0.3) is 0 Å². The van der Waals surface area contributed by atoms with Gasteiger partial charge in [-0.15, -0.1) is 0 Å². The number of benzene rings is 1. The predicted octanol–water partition coefficient (Wildman–Crippen LogP) is 3.26. The first kappa shape index (κ1) is 28.3. The van der Waals surface area contributed by atoms with Crippen molar-refractivity contribution in [3.05, 3.63) is 53.9 Å². The van der Waals surface area contributed by atoms with Gasteiger partial charge in [-0.2, -0.15) is 0 Å². The summed E-state index contributed by atoms with van der Waals surface area (Å²) < 4.78 is 7.69. The average molecular weight is 548 g/mol. The van der Waals surface area contributed by atoms with E-state index in [1.807, 2.05) is 52.0 Å². The molecule has 0 spiro atoms. The summed E-state index contributed by atoms with van der Waals surface area (Å²) in [5.74, 6) is 1.04. The number of unbranched alkanes of at least 4 members (excludes halogenated alkanes) is 1. The average Bonchev–Trinajstić information content (AvgIpc) is 3.67. The molecule has 3 aliphatic heterocycles. The molecule has 1 aromatic heterocycles. The molecule has 2 amide bonds. The highest BCUT2D eigenvalue weighted by atomic mass is 16.5. The van der Waals surface area contributed by atoms with Crippen molar-refractivity contribution in [3.63, 3.8) is 0 Å². The lowest BCUT2D eigenvalue weighted by Crippen LogP contribution is -2.44. The van der Waals surface area contributed by atoms with E-state index < -0.39 is 0 Å². The van der Waals surface area contributed by atoms with E-state index >= 15 is 0 Å². The Kier molecular flexibility index (Phi) is 9.15. The number of fused-ring (bicyclic) bond motifs is 1. The molecule has 8 heteroatoms. The normalized spacial score (nSPS) is 22.4. The van der Waals surface area contributed by atoms with Crippen LogP contribution in [0.3, 0.4) is 0 Å². The highest BCUT2D eigenvalue weighted by Crippen LogP contribution is 2.40. The minimum absolute atomic E-state index is 0.0215. The van der Waals surface area contributed by atoms with Crippen molar-refractivity contribution in [1.29, 1.82) is 0 Å². The molecule has 0 unspecified atom stereocenters. The van der Waals surface area contributed by atoms with Gasteiger partial charge in [0, 0.05) is 63.0 Å². The molecule has 4 heterocycles. The maximum Gasteiger partial charge on any atom is 0.241 e. The molecule has 0 radical (unpaired) electrons. The van der Waals surface area contributed by atoms with E-state index in [2.05, 4.69) is 24.0 Å². The van der Waals surface area contributed by atoms with Crippen molar-refractivity contribution < 1.29 is 23.7 Å². The van der Waals surface area contributed by atoms with E-state index in [1.54, 1.807) is 0 Å². The molecule has 5 rings (SSSR count). The molecule has 214 valence electrons. The summed E-state index contributed by atoms with van der Waals surface area (Å²) in [7, 11) is 1.97. The maximum absolute atomic E-state index is 13.9. The Labute approximate surface area is 237 Å². The number of rotatable bonds is 12. The molecule has 0 saturated carbocycles. The molecule has 0 aliphatic carbocycles. The van der Waals surface area contributed by atoms with Crippen LogP contribution in [-0.2, 0) is 27.9 Å². The minimum atomic E-state index is -0.207. The van der Waals surface area contributed by atoms with Gasteiger partial charge in [0.25, 0.3) is 0 Å². The highest BCUT2D eigenvalue weighted by Gasteiger charge is 2.43. The van der Waals surface area contributed by atoms with E-state index in [9.17, 15) is 14.4 Å². The van der Waals surface area contributed by atoms with Crippen molar-refractivity contribution in [3.8, 4) is 5.75 Å². The number of aromatic nitrogens is 1. The maximum atomic E-state index is 13.9. The number of anilines is 1. The summed E-state index contributed by atoms with van der Waals surface area (Å²) in [5, 5.41) is 0. The zero-order valence-corrected chi connectivity index (χ0v) is 24.0. The molecular weight excluding hydrogens is 504 g/mol. The van der Waals surface area contributed by atoms with Crippen molar-refractivity contribution in [2.45, 2.75) is 63.8 Å². The molecule has 40 heavy (non-hydrogen) atoms. The number of pyridine rings is 1. The molecule has 2 saturated heterocycles. The summed E-state index contributed by atoms with van der Waals surface area (Å²) in [6, 6.07) is 10.2. The SMILES string of the molecule is CCCCN(C(=O)CN1C[C@H](c2ccc3c(c2)CCO3)[C@@H](C=O)[C@@H]1CCCN1CCCC1=O)c1ccc[n+](C)c1. The van der Waals surface area contributed by atoms with Gasteiger partial charge in [-0.05, 0) is 48.9 Å². The first-order valence-corrected chi connectivity index (χ1v) is 15.0. The lowest BCUT2D eigenvalue weighted by Gasteiger charge is -2.29. The van der Waals surface area contributed by atoms with Gasteiger partial charge in [0.05, 0.1) is 13.2 Å². The summed E-state index contributed by atoms with van der Waals surface area (Å²) >= 11 is 0. The fraction of sp³-hybridized carbons (Fsp3) is 0.562. The number of ether oxygens (including phenoxy) is 1. The Morgan fingerprint density at radius 3 is 2.85 bits per heavy atom. The Hall–Kier alpha value is -3.26. The second-order valence-electron chi connectivity index (χ2n) is 11.5. The number of hydrogen-bond acceptors (Lipinski definition) is 5. The van der Waals surface area contributed by atoms with Gasteiger partial charge in [-0.25, -0.2) is 4.57 Å². The monoisotopic (exact) mass is 547 g/mol. The van der Waals surface area contributed by atoms with Crippen molar-refractivity contribution in [2.24, 2.45) is 13.0 Å². The van der Waals surface area contributed by atoms with Gasteiger partial charge >= 0.3 is 0 Å². The number of amides is 2. The Bertz CT molecular complexity index is 1220. The third-order valence-corrected chi connectivity index (χ3v) is 8.82. The number of hydrogen-bond donors (Lipinski definition) is 0. The van der Waals surface area contributed by atoms with Crippen LogP contribution in [-0.4, -0.2) is 73.3 Å². The van der Waals surface area contributed by atoms with Crippen LogP contribution < -0.4 is 14.2 Å². The molecule has 0 N–H and O–H groups in total. The fourth-order valence-corrected chi connectivity index (χ4v) is 6.67. The smallest absolute Gasteiger partial charge is 0.241 e. The van der Waals surface area contributed by atoms with E-state index in [0.29, 0.717) is 32.7 Å². The van der Waals surface area contributed by atoms with Gasteiger partial charge in [-0.3, -0.25) is 14.5 Å². The van der Waals surface area contributed by atoms with Gasteiger partial charge < -0.3 is 19.3 Å². The molecule has 8 nitrogen and oxygen atoms in total. The zero-order chi connectivity index (χ0) is 28.1. The van der Waals surface area contributed by atoms with Gasteiger partial charge in [-0.1, -0.05) is 25.5 Å². The van der Waals surface area contributed by atoms with E-state index in [0.717, 1.165) is 68.4 Å².